The van der Waals surface area contributed by atoms with Crippen molar-refractivity contribution in [1.82, 2.24) is 10.2 Å². The van der Waals surface area contributed by atoms with Gasteiger partial charge in [0, 0.05) is 32.4 Å². The highest BCUT2D eigenvalue weighted by atomic mass is 16.5. The van der Waals surface area contributed by atoms with E-state index in [1.807, 2.05) is 24.3 Å². The Kier molecular flexibility index (Phi) is 7.94. The number of nitrogens with one attached hydrogen (secondary N) is 1. The van der Waals surface area contributed by atoms with E-state index >= 15 is 0 Å². The van der Waals surface area contributed by atoms with Crippen LogP contribution >= 0.6 is 0 Å². The van der Waals surface area contributed by atoms with E-state index in [0.29, 0.717) is 48.9 Å². The molecule has 2 aromatic rings. The molecule has 1 N–H and O–H groups in total. The molecule has 0 spiro atoms. The minimum atomic E-state index is -0.508. The molecule has 172 valence electrons. The topological polar surface area (TPSA) is 86.3 Å². The number of methoxy groups -OCH3 is 4. The number of hydrogen-bond acceptors (Lipinski definition) is 6. The van der Waals surface area contributed by atoms with E-state index in [4.69, 9.17) is 18.9 Å². The Hall–Kier alpha value is -3.26. The minimum Gasteiger partial charge on any atom is -0.493 e. The minimum absolute atomic E-state index is 0.103. The van der Waals surface area contributed by atoms with Crippen LogP contribution in [0.2, 0.25) is 0 Å². The summed E-state index contributed by atoms with van der Waals surface area (Å²) in [5.41, 5.74) is 2.33. The maximum absolute atomic E-state index is 13.2. The quantitative estimate of drug-likeness (QED) is 0.539. The van der Waals surface area contributed by atoms with Crippen LogP contribution in [-0.2, 0) is 16.1 Å². The molecule has 0 bridgehead atoms. The molecule has 1 aliphatic rings. The molecule has 1 heterocycles. The fraction of sp³-hybridized carbons (Fsp3) is 0.417. The molecule has 1 atom stereocenters. The Morgan fingerprint density at radius 3 is 2.34 bits per heavy atom. The number of amides is 2. The summed E-state index contributed by atoms with van der Waals surface area (Å²) in [6.07, 6.45) is 0.816. The number of carbonyl (C=O) groups excluding carboxylic acids is 2. The molecule has 0 aliphatic carbocycles. The van der Waals surface area contributed by atoms with Crippen molar-refractivity contribution in [1.29, 1.82) is 0 Å². The molecule has 0 saturated carbocycles. The molecule has 32 heavy (non-hydrogen) atoms. The third-order valence-electron chi connectivity index (χ3n) is 5.52. The van der Waals surface area contributed by atoms with Gasteiger partial charge in [-0.3, -0.25) is 9.59 Å². The lowest BCUT2D eigenvalue weighted by atomic mass is 10.00. The van der Waals surface area contributed by atoms with Gasteiger partial charge in [-0.25, -0.2) is 0 Å². The molecule has 1 aliphatic heterocycles. The first-order chi connectivity index (χ1) is 15.5. The number of carbonyl (C=O) groups is 2. The van der Waals surface area contributed by atoms with E-state index in [0.717, 1.165) is 11.1 Å². The second-order valence-corrected chi connectivity index (χ2v) is 7.47. The number of nitrogens with zero attached hydrogens (tertiary/aromatic N) is 1. The van der Waals surface area contributed by atoms with Gasteiger partial charge in [-0.2, -0.15) is 0 Å². The zero-order valence-electron chi connectivity index (χ0n) is 19.0. The molecular weight excluding hydrogens is 412 g/mol. The van der Waals surface area contributed by atoms with Crippen molar-refractivity contribution in [3.63, 3.8) is 0 Å². The molecule has 0 unspecified atom stereocenters. The number of fused-ring (bicyclic) bond motifs is 1. The van der Waals surface area contributed by atoms with Crippen LogP contribution in [0.25, 0.3) is 0 Å². The van der Waals surface area contributed by atoms with Gasteiger partial charge >= 0.3 is 0 Å². The summed E-state index contributed by atoms with van der Waals surface area (Å²) in [6.45, 7) is 1.49. The smallest absolute Gasteiger partial charge is 0.255 e. The average molecular weight is 443 g/mol. The second kappa shape index (κ2) is 10.9. The standard InChI is InChI=1S/C24H30N2O6/c1-29-11-7-10-25-22(27)14-19(26-15-16-8-5-6-9-18(16)24(26)28)17-12-20(30-2)23(32-4)21(13-17)31-3/h5-6,8-9,12-13,19H,7,10-11,14-15H2,1-4H3,(H,25,27)/t19-/m1/s1. The van der Waals surface area contributed by atoms with Crippen molar-refractivity contribution < 1.29 is 28.5 Å². The maximum Gasteiger partial charge on any atom is 0.255 e. The fourth-order valence-corrected chi connectivity index (χ4v) is 3.92. The van der Waals surface area contributed by atoms with Crippen LogP contribution in [0.5, 0.6) is 17.2 Å². The number of rotatable bonds is 11. The molecule has 8 nitrogen and oxygen atoms in total. The molecule has 2 aromatic carbocycles. The van der Waals surface area contributed by atoms with Crippen molar-refractivity contribution in [3.8, 4) is 17.2 Å². The van der Waals surface area contributed by atoms with Gasteiger partial charge in [0.25, 0.3) is 5.91 Å². The van der Waals surface area contributed by atoms with Gasteiger partial charge in [-0.05, 0) is 35.7 Å². The number of hydrogen-bond donors (Lipinski definition) is 1. The Labute approximate surface area is 188 Å². The normalized spacial score (nSPS) is 13.5. The lowest BCUT2D eigenvalue weighted by Gasteiger charge is -2.29. The van der Waals surface area contributed by atoms with Crippen LogP contribution in [0, 0.1) is 0 Å². The van der Waals surface area contributed by atoms with Crippen molar-refractivity contribution in [2.75, 3.05) is 41.6 Å². The number of benzene rings is 2. The highest BCUT2D eigenvalue weighted by molar-refractivity contribution is 5.98. The molecule has 2 amide bonds. The summed E-state index contributed by atoms with van der Waals surface area (Å²) in [5.74, 6) is 1.14. The Morgan fingerprint density at radius 1 is 1.06 bits per heavy atom. The maximum atomic E-state index is 13.2. The Bertz CT molecular complexity index is 936. The summed E-state index contributed by atoms with van der Waals surface area (Å²) in [5, 5.41) is 2.91. The molecular formula is C24H30N2O6. The number of ether oxygens (including phenoxy) is 4. The van der Waals surface area contributed by atoms with Gasteiger partial charge in [-0.15, -0.1) is 0 Å². The third kappa shape index (κ3) is 4.96. The second-order valence-electron chi connectivity index (χ2n) is 7.47. The van der Waals surface area contributed by atoms with Gasteiger partial charge in [0.15, 0.2) is 11.5 Å². The predicted octanol–water partition coefficient (Wildman–Crippen LogP) is 2.95. The first kappa shape index (κ1) is 23.4. The van der Waals surface area contributed by atoms with Gasteiger partial charge in [0.05, 0.1) is 33.8 Å². The summed E-state index contributed by atoms with van der Waals surface area (Å²) in [7, 11) is 6.23. The van der Waals surface area contributed by atoms with Gasteiger partial charge in [0.1, 0.15) is 0 Å². The molecule has 0 radical (unpaired) electrons. The third-order valence-corrected chi connectivity index (χ3v) is 5.52. The van der Waals surface area contributed by atoms with E-state index in [1.165, 1.54) is 21.3 Å². The van der Waals surface area contributed by atoms with Crippen LogP contribution in [-0.4, -0.2) is 58.3 Å². The molecule has 0 saturated heterocycles. The van der Waals surface area contributed by atoms with Gasteiger partial charge in [-0.1, -0.05) is 18.2 Å². The molecule has 0 aromatic heterocycles. The van der Waals surface area contributed by atoms with E-state index in [1.54, 1.807) is 24.1 Å². The van der Waals surface area contributed by atoms with E-state index < -0.39 is 6.04 Å². The van der Waals surface area contributed by atoms with E-state index in [2.05, 4.69) is 5.32 Å². The monoisotopic (exact) mass is 442 g/mol. The zero-order valence-corrected chi connectivity index (χ0v) is 19.0. The van der Waals surface area contributed by atoms with Crippen LogP contribution < -0.4 is 19.5 Å². The largest absolute Gasteiger partial charge is 0.493 e. The predicted molar refractivity (Wildman–Crippen MR) is 119 cm³/mol. The van der Waals surface area contributed by atoms with Crippen molar-refractivity contribution in [2.24, 2.45) is 0 Å². The van der Waals surface area contributed by atoms with Gasteiger partial charge < -0.3 is 29.2 Å². The first-order valence-electron chi connectivity index (χ1n) is 10.5. The molecule has 3 rings (SSSR count). The first-order valence-corrected chi connectivity index (χ1v) is 10.5. The molecule has 8 heteroatoms. The average Bonchev–Trinajstić information content (AvgIpc) is 3.15. The summed E-state index contributed by atoms with van der Waals surface area (Å²) in [4.78, 5) is 27.7. The Morgan fingerprint density at radius 2 is 1.75 bits per heavy atom. The van der Waals surface area contributed by atoms with Crippen LogP contribution in [0.3, 0.4) is 0 Å². The lowest BCUT2D eigenvalue weighted by Crippen LogP contribution is -2.34. The van der Waals surface area contributed by atoms with Gasteiger partial charge in [0.2, 0.25) is 11.7 Å². The highest BCUT2D eigenvalue weighted by Crippen LogP contribution is 2.42. The zero-order chi connectivity index (χ0) is 23.1. The van der Waals surface area contributed by atoms with E-state index in [9.17, 15) is 9.59 Å². The van der Waals surface area contributed by atoms with Crippen LogP contribution in [0.15, 0.2) is 36.4 Å². The summed E-state index contributed by atoms with van der Waals surface area (Å²) < 4.78 is 21.4. The fourth-order valence-electron chi connectivity index (χ4n) is 3.92. The van der Waals surface area contributed by atoms with Crippen molar-refractivity contribution >= 4 is 11.8 Å². The van der Waals surface area contributed by atoms with E-state index in [-0.39, 0.29) is 18.2 Å². The summed E-state index contributed by atoms with van der Waals surface area (Å²) >= 11 is 0. The highest BCUT2D eigenvalue weighted by Gasteiger charge is 2.35. The van der Waals surface area contributed by atoms with Crippen molar-refractivity contribution in [2.45, 2.75) is 25.4 Å². The van der Waals surface area contributed by atoms with Crippen LogP contribution in [0.4, 0.5) is 0 Å². The van der Waals surface area contributed by atoms with Crippen LogP contribution in [0.1, 0.15) is 40.4 Å². The van der Waals surface area contributed by atoms with Crippen molar-refractivity contribution in [3.05, 3.63) is 53.1 Å². The lowest BCUT2D eigenvalue weighted by molar-refractivity contribution is -0.122. The Balaban J connectivity index is 1.94. The summed E-state index contributed by atoms with van der Waals surface area (Å²) in [6, 6.07) is 10.6. The molecule has 0 fully saturated rings. The SMILES string of the molecule is COCCCNC(=O)C[C@H](c1cc(OC)c(OC)c(OC)c1)N1Cc2ccccc2C1=O.